The number of hydrogen-bond donors (Lipinski definition) is 1. The fraction of sp³-hybridized carbons (Fsp3) is 0.900. The molecule has 0 aliphatic heterocycles. The van der Waals surface area contributed by atoms with Crippen LogP contribution in [0.4, 0.5) is 0 Å². The highest BCUT2D eigenvalue weighted by Crippen LogP contribution is 2.38. The Labute approximate surface area is 79.1 Å². The predicted octanol–water partition coefficient (Wildman–Crippen LogP) is 2.05. The average molecular weight is 186 g/mol. The maximum Gasteiger partial charge on any atom is 0.335 e. The third-order valence-electron chi connectivity index (χ3n) is 2.32. The highest BCUT2D eigenvalue weighted by Gasteiger charge is 2.40. The van der Waals surface area contributed by atoms with E-state index < -0.39 is 11.6 Å². The monoisotopic (exact) mass is 186 g/mol. The lowest BCUT2D eigenvalue weighted by atomic mass is 9.99. The number of rotatable bonds is 5. The van der Waals surface area contributed by atoms with E-state index in [1.54, 1.807) is 6.92 Å². The minimum absolute atomic E-state index is 0.0279. The normalized spacial score (nSPS) is 21.5. The van der Waals surface area contributed by atoms with Crippen LogP contribution in [0.2, 0.25) is 0 Å². The summed E-state index contributed by atoms with van der Waals surface area (Å²) in [4.78, 5) is 11.0. The van der Waals surface area contributed by atoms with E-state index in [0.29, 0.717) is 12.3 Å². The van der Waals surface area contributed by atoms with Gasteiger partial charge in [0.15, 0.2) is 5.60 Å². The molecule has 0 aromatic carbocycles. The van der Waals surface area contributed by atoms with Gasteiger partial charge in [0.2, 0.25) is 0 Å². The molecule has 13 heavy (non-hydrogen) atoms. The third-order valence-corrected chi connectivity index (χ3v) is 2.32. The number of carboxylic acids is 1. The van der Waals surface area contributed by atoms with Gasteiger partial charge in [-0.25, -0.2) is 4.79 Å². The van der Waals surface area contributed by atoms with E-state index in [0.717, 1.165) is 12.8 Å². The summed E-state index contributed by atoms with van der Waals surface area (Å²) in [6, 6.07) is 0. The molecule has 1 atom stereocenters. The van der Waals surface area contributed by atoms with Crippen molar-refractivity contribution in [1.82, 2.24) is 0 Å². The topological polar surface area (TPSA) is 46.5 Å². The van der Waals surface area contributed by atoms with Crippen LogP contribution in [0.25, 0.3) is 0 Å². The average Bonchev–Trinajstić information content (AvgIpc) is 2.69. The molecule has 1 saturated carbocycles. The fourth-order valence-corrected chi connectivity index (χ4v) is 1.58. The molecule has 0 aromatic rings. The molecule has 0 radical (unpaired) electrons. The molecule has 1 N–H and O–H groups in total. The molecular formula is C10H18O3. The summed E-state index contributed by atoms with van der Waals surface area (Å²) in [7, 11) is 0. The lowest BCUT2D eigenvalue weighted by Gasteiger charge is -2.27. The number of carboxylic acid groups (broad SMARTS) is 1. The number of carbonyl (C=O) groups is 1. The molecule has 76 valence electrons. The standard InChI is InChI=1S/C10H18O3/c1-7(2)13-10(3,9(11)12)6-8-4-5-8/h7-8H,4-6H2,1-3H3,(H,11,12). The van der Waals surface area contributed by atoms with Crippen LogP contribution in [-0.4, -0.2) is 22.8 Å². The van der Waals surface area contributed by atoms with E-state index in [1.807, 2.05) is 13.8 Å². The number of aliphatic carboxylic acids is 1. The molecule has 0 bridgehead atoms. The smallest absolute Gasteiger partial charge is 0.335 e. The van der Waals surface area contributed by atoms with Crippen molar-refractivity contribution in [2.24, 2.45) is 5.92 Å². The summed E-state index contributed by atoms with van der Waals surface area (Å²) in [5.74, 6) is -0.270. The van der Waals surface area contributed by atoms with Crippen molar-refractivity contribution < 1.29 is 14.6 Å². The molecular weight excluding hydrogens is 168 g/mol. The van der Waals surface area contributed by atoms with E-state index in [9.17, 15) is 4.79 Å². The Morgan fingerprint density at radius 2 is 2.15 bits per heavy atom. The van der Waals surface area contributed by atoms with Crippen molar-refractivity contribution >= 4 is 5.97 Å². The first-order valence-corrected chi connectivity index (χ1v) is 4.85. The van der Waals surface area contributed by atoms with Crippen molar-refractivity contribution in [3.8, 4) is 0 Å². The van der Waals surface area contributed by atoms with Crippen LogP contribution in [0.15, 0.2) is 0 Å². The quantitative estimate of drug-likeness (QED) is 0.714. The molecule has 0 spiro atoms. The first kappa shape index (κ1) is 10.5. The molecule has 0 heterocycles. The molecule has 1 fully saturated rings. The second kappa shape index (κ2) is 3.66. The second-order valence-electron chi connectivity index (χ2n) is 4.35. The zero-order chi connectivity index (χ0) is 10.1. The Morgan fingerprint density at radius 1 is 1.62 bits per heavy atom. The summed E-state index contributed by atoms with van der Waals surface area (Å²) < 4.78 is 5.45. The first-order chi connectivity index (χ1) is 5.94. The maximum atomic E-state index is 11.0. The van der Waals surface area contributed by atoms with E-state index in [4.69, 9.17) is 9.84 Å². The van der Waals surface area contributed by atoms with Gasteiger partial charge >= 0.3 is 5.97 Å². The fourth-order valence-electron chi connectivity index (χ4n) is 1.58. The molecule has 1 unspecified atom stereocenters. The van der Waals surface area contributed by atoms with Gasteiger partial charge in [-0.3, -0.25) is 0 Å². The van der Waals surface area contributed by atoms with Crippen LogP contribution in [0.3, 0.4) is 0 Å². The van der Waals surface area contributed by atoms with Crippen LogP contribution in [0.5, 0.6) is 0 Å². The molecule has 0 amide bonds. The molecule has 0 aromatic heterocycles. The zero-order valence-electron chi connectivity index (χ0n) is 8.54. The van der Waals surface area contributed by atoms with Gasteiger partial charge in [0.1, 0.15) is 0 Å². The zero-order valence-corrected chi connectivity index (χ0v) is 8.54. The summed E-state index contributed by atoms with van der Waals surface area (Å²) in [5, 5.41) is 9.03. The lowest BCUT2D eigenvalue weighted by molar-refractivity contribution is -0.170. The molecule has 3 heteroatoms. The molecule has 1 aliphatic rings. The van der Waals surface area contributed by atoms with Gasteiger partial charge in [-0.2, -0.15) is 0 Å². The molecule has 1 aliphatic carbocycles. The Kier molecular flexibility index (Phi) is 2.96. The number of ether oxygens (including phenoxy) is 1. The summed E-state index contributed by atoms with van der Waals surface area (Å²) in [6.07, 6.45) is 2.94. The summed E-state index contributed by atoms with van der Waals surface area (Å²) in [5.41, 5.74) is -0.977. The summed E-state index contributed by atoms with van der Waals surface area (Å²) in [6.45, 7) is 5.41. The molecule has 3 nitrogen and oxygen atoms in total. The molecule has 1 rings (SSSR count). The van der Waals surface area contributed by atoms with Crippen molar-refractivity contribution in [3.63, 3.8) is 0 Å². The first-order valence-electron chi connectivity index (χ1n) is 4.85. The Hall–Kier alpha value is -0.570. The Bertz CT molecular complexity index is 190. The predicted molar refractivity (Wildman–Crippen MR) is 49.6 cm³/mol. The van der Waals surface area contributed by atoms with E-state index in [2.05, 4.69) is 0 Å². The van der Waals surface area contributed by atoms with Crippen molar-refractivity contribution in [1.29, 1.82) is 0 Å². The van der Waals surface area contributed by atoms with E-state index >= 15 is 0 Å². The van der Waals surface area contributed by atoms with Crippen LogP contribution in [0, 0.1) is 5.92 Å². The van der Waals surface area contributed by atoms with Gasteiger partial charge < -0.3 is 9.84 Å². The highest BCUT2D eigenvalue weighted by molar-refractivity contribution is 5.77. The van der Waals surface area contributed by atoms with Crippen LogP contribution in [0.1, 0.15) is 40.0 Å². The van der Waals surface area contributed by atoms with E-state index in [-0.39, 0.29) is 6.10 Å². The van der Waals surface area contributed by atoms with Crippen LogP contribution < -0.4 is 0 Å². The van der Waals surface area contributed by atoms with Gasteiger partial charge in [-0.1, -0.05) is 12.8 Å². The van der Waals surface area contributed by atoms with Crippen molar-refractivity contribution in [3.05, 3.63) is 0 Å². The second-order valence-corrected chi connectivity index (χ2v) is 4.35. The Balaban J connectivity index is 2.55. The minimum Gasteiger partial charge on any atom is -0.479 e. The van der Waals surface area contributed by atoms with Crippen LogP contribution in [-0.2, 0) is 9.53 Å². The van der Waals surface area contributed by atoms with Crippen molar-refractivity contribution in [2.75, 3.05) is 0 Å². The number of hydrogen-bond acceptors (Lipinski definition) is 2. The van der Waals surface area contributed by atoms with Gasteiger partial charge in [0.05, 0.1) is 6.10 Å². The molecule has 0 saturated heterocycles. The van der Waals surface area contributed by atoms with Crippen LogP contribution >= 0.6 is 0 Å². The SMILES string of the molecule is CC(C)OC(C)(CC1CC1)C(=O)O. The third kappa shape index (κ3) is 2.99. The summed E-state index contributed by atoms with van der Waals surface area (Å²) >= 11 is 0. The maximum absolute atomic E-state index is 11.0. The van der Waals surface area contributed by atoms with Gasteiger partial charge in [0, 0.05) is 0 Å². The van der Waals surface area contributed by atoms with Gasteiger partial charge in [0.25, 0.3) is 0 Å². The highest BCUT2D eigenvalue weighted by atomic mass is 16.5. The largest absolute Gasteiger partial charge is 0.479 e. The van der Waals surface area contributed by atoms with Gasteiger partial charge in [-0.05, 0) is 33.1 Å². The van der Waals surface area contributed by atoms with Crippen molar-refractivity contribution in [2.45, 2.75) is 51.7 Å². The van der Waals surface area contributed by atoms with Gasteiger partial charge in [-0.15, -0.1) is 0 Å². The minimum atomic E-state index is -0.977. The lowest BCUT2D eigenvalue weighted by Crippen LogP contribution is -2.40. The van der Waals surface area contributed by atoms with E-state index in [1.165, 1.54) is 0 Å². The Morgan fingerprint density at radius 3 is 2.46 bits per heavy atom.